The van der Waals surface area contributed by atoms with Crippen LogP contribution >= 0.6 is 7.52 Å². The third kappa shape index (κ3) is 4.35. The Morgan fingerprint density at radius 1 is 1.04 bits per heavy atom. The summed E-state index contributed by atoms with van der Waals surface area (Å²) < 4.78 is 17.8. The zero-order valence-corrected chi connectivity index (χ0v) is 17.4. The van der Waals surface area contributed by atoms with Crippen LogP contribution in [0.3, 0.4) is 0 Å². The van der Waals surface area contributed by atoms with Gasteiger partial charge in [-0.25, -0.2) is 5.09 Å². The Labute approximate surface area is 166 Å². The third-order valence-corrected chi connectivity index (χ3v) is 9.12. The summed E-state index contributed by atoms with van der Waals surface area (Å²) in [6, 6.07) is -0.929. The van der Waals surface area contributed by atoms with Gasteiger partial charge in [-0.1, -0.05) is 0 Å². The first-order valence-corrected chi connectivity index (χ1v) is 12.5. The largest absolute Gasteiger partial charge is 0.388 e. The fourth-order valence-electron chi connectivity index (χ4n) is 6.62. The molecule has 0 amide bonds. The summed E-state index contributed by atoms with van der Waals surface area (Å²) in [6.07, 6.45) is 4.42. The zero-order valence-electron chi connectivity index (χ0n) is 16.5. The highest BCUT2D eigenvalue weighted by Crippen LogP contribution is 2.62. The minimum atomic E-state index is -3.53. The number of aliphatic hydroxyl groups excluding tert-OH is 3. The van der Waals surface area contributed by atoms with E-state index in [1.807, 2.05) is 0 Å². The number of ether oxygens (including phenoxy) is 1. The summed E-state index contributed by atoms with van der Waals surface area (Å²) in [5.41, 5.74) is 0.256. The minimum Gasteiger partial charge on any atom is -0.388 e. The summed E-state index contributed by atoms with van der Waals surface area (Å²) in [5.74, 6) is 2.46. The van der Waals surface area contributed by atoms with Gasteiger partial charge in [-0.05, 0) is 75.0 Å². The summed E-state index contributed by atoms with van der Waals surface area (Å²) in [7, 11) is -3.53. The van der Waals surface area contributed by atoms with E-state index >= 15 is 0 Å². The molecule has 1 aliphatic heterocycles. The van der Waals surface area contributed by atoms with E-state index in [0.29, 0.717) is 0 Å². The van der Waals surface area contributed by atoms with Crippen molar-refractivity contribution in [1.29, 1.82) is 0 Å². The van der Waals surface area contributed by atoms with Crippen LogP contribution in [0.15, 0.2) is 0 Å². The molecule has 0 spiro atoms. The fraction of sp³-hybridized carbons (Fsp3) is 1.00. The molecule has 4 bridgehead atoms. The van der Waals surface area contributed by atoms with Gasteiger partial charge < -0.3 is 24.9 Å². The van der Waals surface area contributed by atoms with Gasteiger partial charge in [0.05, 0.1) is 18.8 Å². The molecule has 4 saturated carbocycles. The molecule has 6 N–H and O–H groups in total. The van der Waals surface area contributed by atoms with Crippen molar-refractivity contribution in [3.63, 3.8) is 0 Å². The molecule has 0 radical (unpaired) electrons. The first-order chi connectivity index (χ1) is 13.2. The van der Waals surface area contributed by atoms with E-state index in [1.165, 1.54) is 38.5 Å². The van der Waals surface area contributed by atoms with Crippen LogP contribution in [-0.2, 0) is 9.30 Å². The number of hydrogen-bond acceptors (Lipinski definition) is 6. The van der Waals surface area contributed by atoms with Crippen LogP contribution in [0.4, 0.5) is 0 Å². The highest BCUT2D eigenvalue weighted by molar-refractivity contribution is 7.55. The zero-order chi connectivity index (χ0) is 20.1. The van der Waals surface area contributed by atoms with E-state index in [9.17, 15) is 24.8 Å². The van der Waals surface area contributed by atoms with Crippen LogP contribution in [0.1, 0.15) is 51.9 Å². The summed E-state index contributed by atoms with van der Waals surface area (Å²) >= 11 is 0. The molecule has 5 fully saturated rings. The van der Waals surface area contributed by atoms with Crippen molar-refractivity contribution in [3.05, 3.63) is 0 Å². The Morgan fingerprint density at radius 3 is 2.18 bits per heavy atom. The molecular weight excluding hydrogens is 383 g/mol. The number of aliphatic hydroxyl groups is 3. The molecule has 4 aliphatic carbocycles. The second kappa shape index (κ2) is 7.89. The molecule has 5 rings (SSSR count). The molecule has 0 aromatic rings. The Kier molecular flexibility index (Phi) is 5.97. The topological polar surface area (TPSA) is 131 Å². The number of rotatable bonds is 7. The van der Waals surface area contributed by atoms with Crippen molar-refractivity contribution in [3.8, 4) is 0 Å². The van der Waals surface area contributed by atoms with Crippen LogP contribution in [0.5, 0.6) is 0 Å². The molecule has 5 aliphatic rings. The van der Waals surface area contributed by atoms with Crippen LogP contribution in [0.25, 0.3) is 0 Å². The molecule has 28 heavy (non-hydrogen) atoms. The molecule has 0 aromatic carbocycles. The number of nitrogens with one attached hydrogen (secondary N) is 2. The van der Waals surface area contributed by atoms with Crippen molar-refractivity contribution in [2.45, 2.75) is 82.5 Å². The highest BCUT2D eigenvalue weighted by Gasteiger charge is 2.51. The molecular formula is C19H35N2O6P. The second-order valence-corrected chi connectivity index (χ2v) is 12.0. The Balaban J connectivity index is 1.25. The molecule has 9 heteroatoms. The summed E-state index contributed by atoms with van der Waals surface area (Å²) in [6.45, 7) is 1.51. The number of hydrogen-bond donors (Lipinski definition) is 6. The van der Waals surface area contributed by atoms with Gasteiger partial charge >= 0.3 is 0 Å². The smallest absolute Gasteiger partial charge is 0.268 e. The Bertz CT molecular complexity index is 584. The van der Waals surface area contributed by atoms with Crippen molar-refractivity contribution < 1.29 is 29.5 Å². The quantitative estimate of drug-likeness (QED) is 0.264. The van der Waals surface area contributed by atoms with Crippen molar-refractivity contribution in [2.24, 2.45) is 23.2 Å². The molecule has 8 nitrogen and oxygen atoms in total. The van der Waals surface area contributed by atoms with E-state index in [0.717, 1.165) is 24.2 Å². The van der Waals surface area contributed by atoms with E-state index in [1.54, 1.807) is 6.92 Å². The lowest BCUT2D eigenvalue weighted by molar-refractivity contribution is -0.242. The average molecular weight is 418 g/mol. The second-order valence-electron chi connectivity index (χ2n) is 9.87. The molecule has 3 unspecified atom stereocenters. The Hall–Kier alpha value is -0.0500. The van der Waals surface area contributed by atoms with E-state index in [4.69, 9.17) is 4.74 Å². The predicted octanol–water partition coefficient (Wildman–Crippen LogP) is 0.742. The predicted molar refractivity (Wildman–Crippen MR) is 103 cm³/mol. The maximum atomic E-state index is 12.6. The lowest BCUT2D eigenvalue weighted by atomic mass is 9.49. The van der Waals surface area contributed by atoms with Crippen LogP contribution in [0, 0.1) is 23.2 Å². The summed E-state index contributed by atoms with van der Waals surface area (Å²) in [4.78, 5) is 10.4. The average Bonchev–Trinajstić information content (AvgIpc) is 2.60. The maximum Gasteiger partial charge on any atom is 0.268 e. The van der Waals surface area contributed by atoms with Gasteiger partial charge in [-0.15, -0.1) is 0 Å². The van der Waals surface area contributed by atoms with Gasteiger partial charge in [0.15, 0.2) is 6.29 Å². The SMILES string of the molecule is CC1OC(O)[C@H](NCNP(=O)(O)CCC23CC4CC(CC(C4)C2)C3)[C@@H](O)[C@H]1O. The van der Waals surface area contributed by atoms with Gasteiger partial charge in [-0.2, -0.15) is 0 Å². The van der Waals surface area contributed by atoms with Crippen LogP contribution < -0.4 is 10.4 Å². The maximum absolute atomic E-state index is 12.6. The van der Waals surface area contributed by atoms with Gasteiger partial charge in [0.2, 0.25) is 0 Å². The van der Waals surface area contributed by atoms with Gasteiger partial charge in [0.25, 0.3) is 7.52 Å². The van der Waals surface area contributed by atoms with Crippen LogP contribution in [-0.4, -0.2) is 63.7 Å². The van der Waals surface area contributed by atoms with Gasteiger partial charge in [0.1, 0.15) is 12.2 Å². The van der Waals surface area contributed by atoms with E-state index in [-0.39, 0.29) is 18.2 Å². The fourth-order valence-corrected chi connectivity index (χ4v) is 7.89. The van der Waals surface area contributed by atoms with Crippen molar-refractivity contribution in [2.75, 3.05) is 12.8 Å². The first-order valence-electron chi connectivity index (χ1n) is 10.7. The molecule has 0 aromatic heterocycles. The third-order valence-electron chi connectivity index (χ3n) is 7.63. The van der Waals surface area contributed by atoms with Crippen LogP contribution in [0.2, 0.25) is 0 Å². The standard InChI is InChI=1S/C19H35N2O6P/c1-11-16(22)17(23)15(18(24)27-11)20-10-21-28(25,26)3-2-19-7-12-4-13(8-19)6-14(5-12)9-19/h11-18,20,22-24H,2-10H2,1H3,(H2,21,25,26)/t11?,12?,13?,14?,15-,16+,17-,18?,19?/m1/s1. The van der Waals surface area contributed by atoms with E-state index in [2.05, 4.69) is 10.4 Å². The first kappa shape index (κ1) is 21.2. The lowest BCUT2D eigenvalue weighted by Crippen LogP contribution is -2.62. The van der Waals surface area contributed by atoms with E-state index < -0.39 is 38.2 Å². The molecule has 1 saturated heterocycles. The van der Waals surface area contributed by atoms with Gasteiger partial charge in [0, 0.05) is 6.16 Å². The highest BCUT2D eigenvalue weighted by atomic mass is 31.2. The van der Waals surface area contributed by atoms with Crippen molar-refractivity contribution in [1.82, 2.24) is 10.4 Å². The molecule has 162 valence electrons. The minimum absolute atomic E-state index is 0.0576. The van der Waals surface area contributed by atoms with Gasteiger partial charge in [-0.3, -0.25) is 9.88 Å². The summed E-state index contributed by atoms with van der Waals surface area (Å²) in [5, 5.41) is 35.4. The lowest BCUT2D eigenvalue weighted by Gasteiger charge is -2.57. The molecule has 6 atom stereocenters. The Morgan fingerprint density at radius 2 is 1.61 bits per heavy atom. The molecule has 1 heterocycles. The normalized spacial score (nSPS) is 49.9. The van der Waals surface area contributed by atoms with Crippen molar-refractivity contribution >= 4 is 7.52 Å². The monoisotopic (exact) mass is 418 g/mol.